The topological polar surface area (TPSA) is 43.9 Å². The number of rotatable bonds is 4. The Morgan fingerprint density at radius 2 is 1.52 bits per heavy atom. The molecule has 2 heterocycles. The average Bonchev–Trinajstić information content (AvgIpc) is 2.90. The molecule has 0 N–H and O–H groups in total. The highest BCUT2D eigenvalue weighted by atomic mass is 35.5. The van der Waals surface area contributed by atoms with Crippen molar-refractivity contribution >= 4 is 29.0 Å². The van der Waals surface area contributed by atoms with Crippen LogP contribution in [0.15, 0.2) is 30.0 Å². The van der Waals surface area contributed by atoms with Crippen molar-refractivity contribution in [2.75, 3.05) is 32.7 Å². The molecule has 29 heavy (non-hydrogen) atoms. The number of hydrogen-bond acceptors (Lipinski definition) is 4. The van der Waals surface area contributed by atoms with Crippen molar-refractivity contribution in [1.29, 1.82) is 0 Å². The molecule has 0 spiro atoms. The lowest BCUT2D eigenvalue weighted by molar-refractivity contribution is -0.140. The summed E-state index contributed by atoms with van der Waals surface area (Å²) in [6.07, 6.45) is 6.39. The number of halogens is 1. The van der Waals surface area contributed by atoms with Crippen LogP contribution in [0.1, 0.15) is 51.0 Å². The van der Waals surface area contributed by atoms with E-state index in [0.29, 0.717) is 16.3 Å². The fraction of sp³-hybridized carbons (Fsp3) is 0.565. The average molecular weight is 416 g/mol. The van der Waals surface area contributed by atoms with Crippen LogP contribution in [-0.2, 0) is 9.59 Å². The summed E-state index contributed by atoms with van der Waals surface area (Å²) in [5, 5.41) is 0.629. The van der Waals surface area contributed by atoms with Gasteiger partial charge < -0.3 is 9.80 Å². The molecule has 1 aromatic carbocycles. The quantitative estimate of drug-likeness (QED) is 0.554. The Labute approximate surface area is 178 Å². The first-order chi connectivity index (χ1) is 14.1. The Morgan fingerprint density at radius 3 is 2.10 bits per heavy atom. The van der Waals surface area contributed by atoms with Crippen molar-refractivity contribution in [2.45, 2.75) is 51.5 Å². The van der Waals surface area contributed by atoms with Crippen LogP contribution in [-0.4, -0.2) is 65.3 Å². The van der Waals surface area contributed by atoms with E-state index >= 15 is 0 Å². The van der Waals surface area contributed by atoms with Crippen LogP contribution in [0, 0.1) is 0 Å². The van der Waals surface area contributed by atoms with E-state index in [1.165, 1.54) is 12.8 Å². The molecule has 2 amide bonds. The van der Waals surface area contributed by atoms with Crippen LogP contribution in [0.25, 0.3) is 5.57 Å². The lowest BCUT2D eigenvalue weighted by atomic mass is 10.0. The third-order valence-corrected chi connectivity index (χ3v) is 6.80. The second-order valence-corrected chi connectivity index (χ2v) is 8.71. The van der Waals surface area contributed by atoms with Gasteiger partial charge in [-0.1, -0.05) is 56.3 Å². The van der Waals surface area contributed by atoms with E-state index in [2.05, 4.69) is 16.7 Å². The minimum Gasteiger partial charge on any atom is -0.364 e. The van der Waals surface area contributed by atoms with Gasteiger partial charge in [0.25, 0.3) is 11.8 Å². The zero-order valence-corrected chi connectivity index (χ0v) is 18.0. The first-order valence-corrected chi connectivity index (χ1v) is 11.3. The molecule has 2 fully saturated rings. The van der Waals surface area contributed by atoms with E-state index in [9.17, 15) is 9.59 Å². The fourth-order valence-corrected chi connectivity index (χ4v) is 4.97. The summed E-state index contributed by atoms with van der Waals surface area (Å²) in [4.78, 5) is 33.2. The Balaban J connectivity index is 1.70. The second kappa shape index (κ2) is 8.88. The highest BCUT2D eigenvalue weighted by Gasteiger charge is 2.45. The number of benzene rings is 1. The maximum Gasteiger partial charge on any atom is 0.278 e. The number of imide groups is 1. The third kappa shape index (κ3) is 4.08. The second-order valence-electron chi connectivity index (χ2n) is 8.28. The number of carbonyl (C=O) groups excluding carboxylic acids is 2. The van der Waals surface area contributed by atoms with Gasteiger partial charge >= 0.3 is 0 Å². The van der Waals surface area contributed by atoms with Crippen LogP contribution < -0.4 is 0 Å². The lowest BCUT2D eigenvalue weighted by Gasteiger charge is -2.36. The predicted octanol–water partition coefficient (Wildman–Crippen LogP) is 3.78. The van der Waals surface area contributed by atoms with E-state index in [1.807, 2.05) is 12.1 Å². The standard InChI is InChI=1S/C23H30ClN3O2/c1-2-25-13-15-26(16-14-25)21-20(17-9-11-18(24)12-10-17)22(28)27(23(21)29)19-7-5-3-4-6-8-19/h9-12,19H,2-8,13-16H2,1H3. The monoisotopic (exact) mass is 415 g/mol. The van der Waals surface area contributed by atoms with Gasteiger partial charge in [-0.25, -0.2) is 0 Å². The van der Waals surface area contributed by atoms with E-state index < -0.39 is 0 Å². The number of nitrogens with zero attached hydrogens (tertiary/aromatic N) is 3. The normalized spacial score (nSPS) is 22.6. The van der Waals surface area contributed by atoms with Crippen LogP contribution in [0.4, 0.5) is 0 Å². The van der Waals surface area contributed by atoms with Gasteiger partial charge in [0, 0.05) is 37.2 Å². The smallest absolute Gasteiger partial charge is 0.278 e. The highest BCUT2D eigenvalue weighted by molar-refractivity contribution is 6.36. The molecule has 0 bridgehead atoms. The van der Waals surface area contributed by atoms with Crippen LogP contribution in [0.3, 0.4) is 0 Å². The van der Waals surface area contributed by atoms with E-state index in [4.69, 9.17) is 11.6 Å². The Kier molecular flexibility index (Phi) is 6.26. The summed E-state index contributed by atoms with van der Waals surface area (Å²) in [5.74, 6) is -0.228. The van der Waals surface area contributed by atoms with Gasteiger partial charge in [-0.05, 0) is 37.1 Å². The summed E-state index contributed by atoms with van der Waals surface area (Å²) < 4.78 is 0. The molecule has 156 valence electrons. The molecule has 4 rings (SSSR count). The van der Waals surface area contributed by atoms with Crippen molar-refractivity contribution in [3.05, 3.63) is 40.5 Å². The van der Waals surface area contributed by atoms with Gasteiger partial charge in [0.2, 0.25) is 0 Å². The first-order valence-electron chi connectivity index (χ1n) is 11.0. The number of piperazine rings is 1. The molecule has 0 aromatic heterocycles. The maximum absolute atomic E-state index is 13.6. The molecule has 6 heteroatoms. The summed E-state index contributed by atoms with van der Waals surface area (Å²) in [6, 6.07) is 7.34. The van der Waals surface area contributed by atoms with Crippen molar-refractivity contribution < 1.29 is 9.59 Å². The van der Waals surface area contributed by atoms with E-state index in [-0.39, 0.29) is 17.9 Å². The van der Waals surface area contributed by atoms with Crippen molar-refractivity contribution in [1.82, 2.24) is 14.7 Å². The molecule has 0 atom stereocenters. The third-order valence-electron chi connectivity index (χ3n) is 6.55. The van der Waals surface area contributed by atoms with Crippen LogP contribution in [0.2, 0.25) is 5.02 Å². The van der Waals surface area contributed by atoms with Gasteiger partial charge in [0.1, 0.15) is 5.70 Å². The minimum atomic E-state index is -0.128. The molecule has 1 aromatic rings. The molecule has 0 unspecified atom stereocenters. The van der Waals surface area contributed by atoms with Gasteiger partial charge in [-0.3, -0.25) is 14.5 Å². The molecule has 1 saturated heterocycles. The SMILES string of the molecule is CCN1CCN(C2=C(c3ccc(Cl)cc3)C(=O)N(C3CCCCCC3)C2=O)CC1. The van der Waals surface area contributed by atoms with Gasteiger partial charge in [0.05, 0.1) is 5.57 Å². The Hall–Kier alpha value is -1.85. The lowest BCUT2D eigenvalue weighted by Crippen LogP contribution is -2.48. The molecule has 0 radical (unpaired) electrons. The molecular weight excluding hydrogens is 386 g/mol. The molecule has 3 aliphatic rings. The van der Waals surface area contributed by atoms with Crippen molar-refractivity contribution in [3.8, 4) is 0 Å². The summed E-state index contributed by atoms with van der Waals surface area (Å²) in [7, 11) is 0. The van der Waals surface area contributed by atoms with Crippen LogP contribution in [0.5, 0.6) is 0 Å². The Bertz CT molecular complexity index is 789. The van der Waals surface area contributed by atoms with Crippen molar-refractivity contribution in [3.63, 3.8) is 0 Å². The number of amides is 2. The summed E-state index contributed by atoms with van der Waals surface area (Å²) in [6.45, 7) is 6.55. The fourth-order valence-electron chi connectivity index (χ4n) is 4.84. The van der Waals surface area contributed by atoms with Gasteiger partial charge in [-0.2, -0.15) is 0 Å². The molecular formula is C23H30ClN3O2. The highest BCUT2D eigenvalue weighted by Crippen LogP contribution is 2.36. The molecule has 2 aliphatic heterocycles. The maximum atomic E-state index is 13.6. The number of carbonyl (C=O) groups is 2. The molecule has 1 saturated carbocycles. The largest absolute Gasteiger partial charge is 0.364 e. The van der Waals surface area contributed by atoms with Gasteiger partial charge in [0.15, 0.2) is 0 Å². The zero-order valence-electron chi connectivity index (χ0n) is 17.2. The van der Waals surface area contributed by atoms with Crippen molar-refractivity contribution in [2.24, 2.45) is 0 Å². The summed E-state index contributed by atoms with van der Waals surface area (Å²) >= 11 is 6.07. The van der Waals surface area contributed by atoms with E-state index in [0.717, 1.165) is 64.0 Å². The van der Waals surface area contributed by atoms with E-state index in [1.54, 1.807) is 17.0 Å². The molecule has 5 nitrogen and oxygen atoms in total. The number of hydrogen-bond donors (Lipinski definition) is 0. The predicted molar refractivity (Wildman–Crippen MR) is 115 cm³/mol. The minimum absolute atomic E-state index is 0.0224. The Morgan fingerprint density at radius 1 is 0.897 bits per heavy atom. The van der Waals surface area contributed by atoms with Gasteiger partial charge in [-0.15, -0.1) is 0 Å². The number of likely N-dealkylation sites (N-methyl/N-ethyl adjacent to an activating group) is 1. The first kappa shape index (κ1) is 20.4. The van der Waals surface area contributed by atoms with Crippen LogP contribution >= 0.6 is 11.6 Å². The summed E-state index contributed by atoms with van der Waals surface area (Å²) in [5.41, 5.74) is 1.94. The molecule has 1 aliphatic carbocycles. The zero-order chi connectivity index (χ0) is 20.4.